The molecule has 212 valence electrons. The second-order valence-electron chi connectivity index (χ2n) is 11.8. The van der Waals surface area contributed by atoms with Gasteiger partial charge in [-0.1, -0.05) is 17.8 Å². The van der Waals surface area contributed by atoms with Crippen LogP contribution in [0.25, 0.3) is 0 Å². The van der Waals surface area contributed by atoms with Crippen LogP contribution in [0, 0.1) is 5.41 Å². The Hall–Kier alpha value is -2.88. The number of hydrogen-bond donors (Lipinski definition) is 1. The predicted molar refractivity (Wildman–Crippen MR) is 141 cm³/mol. The molecule has 3 aliphatic carbocycles. The average Bonchev–Trinajstić information content (AvgIpc) is 3.44. The van der Waals surface area contributed by atoms with Gasteiger partial charge in [-0.15, -0.1) is 0 Å². The Labute approximate surface area is 227 Å². The molecule has 0 radical (unpaired) electrons. The van der Waals surface area contributed by atoms with Gasteiger partial charge in [-0.3, -0.25) is 4.79 Å². The van der Waals surface area contributed by atoms with Crippen LogP contribution in [-0.4, -0.2) is 46.9 Å². The number of hydrogen-bond acceptors (Lipinski definition) is 6. The third-order valence-corrected chi connectivity index (χ3v) is 9.05. The summed E-state index contributed by atoms with van der Waals surface area (Å²) in [5, 5.41) is 13.8. The summed E-state index contributed by atoms with van der Waals surface area (Å²) in [5.41, 5.74) is 1.26. The Morgan fingerprint density at radius 1 is 1.18 bits per heavy atom. The van der Waals surface area contributed by atoms with Gasteiger partial charge in [0.05, 0.1) is 11.9 Å². The first-order valence-electron chi connectivity index (χ1n) is 13.9. The fourth-order valence-corrected chi connectivity index (χ4v) is 6.47. The topological polar surface area (TPSA) is 82.7 Å². The van der Waals surface area contributed by atoms with Crippen molar-refractivity contribution in [2.45, 2.75) is 88.6 Å². The maximum atomic E-state index is 13.7. The molecule has 6 rings (SSSR count). The van der Waals surface area contributed by atoms with Gasteiger partial charge in [0.2, 0.25) is 5.91 Å². The van der Waals surface area contributed by atoms with Crippen LogP contribution < -0.4 is 9.80 Å². The van der Waals surface area contributed by atoms with E-state index in [0.29, 0.717) is 25.2 Å². The maximum Gasteiger partial charge on any atom is 0.322 e. The molecule has 39 heavy (non-hydrogen) atoms. The number of halogens is 3. The zero-order valence-electron chi connectivity index (χ0n) is 22.5. The summed E-state index contributed by atoms with van der Waals surface area (Å²) in [4.78, 5) is 21.6. The van der Waals surface area contributed by atoms with Gasteiger partial charge in [0.1, 0.15) is 0 Å². The minimum Gasteiger partial charge on any atom is -0.393 e. The molecule has 1 aromatic heterocycles. The van der Waals surface area contributed by atoms with Crippen LogP contribution in [0.15, 0.2) is 41.2 Å². The number of carbonyl (C=O) groups excluding carboxylic acids is 1. The monoisotopic (exact) mass is 546 g/mol. The van der Waals surface area contributed by atoms with Crippen LogP contribution in [0.4, 0.5) is 24.5 Å². The lowest BCUT2D eigenvalue weighted by molar-refractivity contribution is -0.119. The van der Waals surface area contributed by atoms with Gasteiger partial charge in [-0.05, 0) is 75.0 Å². The second-order valence-corrected chi connectivity index (χ2v) is 11.8. The number of fused-ring (bicyclic) bond motifs is 3. The molecule has 0 spiro atoms. The summed E-state index contributed by atoms with van der Waals surface area (Å²) in [7, 11) is 0. The number of rotatable bonds is 9. The molecule has 10 heteroatoms. The highest BCUT2D eigenvalue weighted by Crippen LogP contribution is 2.57. The van der Waals surface area contributed by atoms with Gasteiger partial charge in [0.25, 0.3) is 5.89 Å². The van der Waals surface area contributed by atoms with E-state index in [0.717, 1.165) is 69.9 Å². The van der Waals surface area contributed by atoms with Crippen molar-refractivity contribution in [2.24, 2.45) is 5.41 Å². The highest BCUT2D eigenvalue weighted by atomic mass is 19.3. The van der Waals surface area contributed by atoms with Gasteiger partial charge in [-0.25, -0.2) is 4.39 Å². The number of amides is 1. The molecule has 1 aromatic carbocycles. The fourth-order valence-electron chi connectivity index (χ4n) is 6.47. The second kappa shape index (κ2) is 10.6. The number of aliphatic hydroxyl groups is 1. The molecule has 0 unspecified atom stereocenters. The fraction of sp³-hybridized carbons (Fsp3) is 0.621. The Balaban J connectivity index is 1.35. The van der Waals surface area contributed by atoms with E-state index in [1.807, 2.05) is 24.3 Å². The molecule has 1 amide bonds. The molecule has 7 nitrogen and oxygen atoms in total. The molecule has 1 aliphatic heterocycles. The lowest BCUT2D eigenvalue weighted by atomic mass is 9.53. The first kappa shape index (κ1) is 27.7. The number of allylic oxidation sites excluding steroid dienone is 1. The highest BCUT2D eigenvalue weighted by molar-refractivity contribution is 5.94. The minimum atomic E-state index is -3.18. The van der Waals surface area contributed by atoms with Gasteiger partial charge >= 0.3 is 5.92 Å². The third kappa shape index (κ3) is 5.85. The molecule has 2 heterocycles. The number of anilines is 2. The van der Waals surface area contributed by atoms with E-state index >= 15 is 0 Å². The molecule has 2 aromatic rings. The normalized spacial score (nSPS) is 25.6. The van der Waals surface area contributed by atoms with Crippen LogP contribution in [0.3, 0.4) is 0 Å². The summed E-state index contributed by atoms with van der Waals surface area (Å²) in [6.45, 7) is 6.06. The van der Waals surface area contributed by atoms with Crippen LogP contribution in [0.5, 0.6) is 0 Å². The van der Waals surface area contributed by atoms with E-state index in [4.69, 9.17) is 4.52 Å². The Morgan fingerprint density at radius 3 is 2.44 bits per heavy atom. The zero-order valence-corrected chi connectivity index (χ0v) is 22.5. The number of aliphatic hydroxyl groups excluding tert-OH is 1. The Morgan fingerprint density at radius 2 is 1.85 bits per heavy atom. The summed E-state index contributed by atoms with van der Waals surface area (Å²) >= 11 is 0. The van der Waals surface area contributed by atoms with E-state index in [-0.39, 0.29) is 35.7 Å². The molecule has 2 bridgehead atoms. The van der Waals surface area contributed by atoms with Crippen LogP contribution in [-0.2, 0) is 16.1 Å². The minimum absolute atomic E-state index is 0.0165. The summed E-state index contributed by atoms with van der Waals surface area (Å²) in [6, 6.07) is 7.88. The number of alkyl halides is 2. The SMILES string of the molecule is C=C(F)CCC(=O)N(CC12CCC(c3noc(C(C)(F)F)n3)(CC1)CC2)c1cccc(N2CCC(O)CC2)c1. The van der Waals surface area contributed by atoms with Crippen molar-refractivity contribution >= 4 is 17.3 Å². The lowest BCUT2D eigenvalue weighted by Gasteiger charge is -2.53. The van der Waals surface area contributed by atoms with Gasteiger partial charge in [-0.2, -0.15) is 13.8 Å². The average molecular weight is 547 g/mol. The summed E-state index contributed by atoms with van der Waals surface area (Å²) in [5.74, 6) is -4.13. The smallest absolute Gasteiger partial charge is 0.322 e. The predicted octanol–water partition coefficient (Wildman–Crippen LogP) is 6.03. The van der Waals surface area contributed by atoms with Crippen molar-refractivity contribution < 1.29 is 27.6 Å². The molecule has 4 fully saturated rings. The molecule has 3 saturated carbocycles. The van der Waals surface area contributed by atoms with Gasteiger partial charge < -0.3 is 19.4 Å². The molecule has 4 aliphatic rings. The highest BCUT2D eigenvalue weighted by Gasteiger charge is 2.53. The first-order valence-corrected chi connectivity index (χ1v) is 13.9. The van der Waals surface area contributed by atoms with Crippen molar-refractivity contribution in [1.29, 1.82) is 0 Å². The summed E-state index contributed by atoms with van der Waals surface area (Å²) in [6.07, 6.45) is 5.78. The number of nitrogens with zero attached hydrogens (tertiary/aromatic N) is 4. The maximum absolute atomic E-state index is 13.7. The molecule has 1 saturated heterocycles. The van der Waals surface area contributed by atoms with Crippen LogP contribution in [0.1, 0.15) is 82.8 Å². The lowest BCUT2D eigenvalue weighted by Crippen LogP contribution is -2.51. The van der Waals surface area contributed by atoms with E-state index in [1.54, 1.807) is 4.90 Å². The van der Waals surface area contributed by atoms with E-state index < -0.39 is 17.6 Å². The summed E-state index contributed by atoms with van der Waals surface area (Å²) < 4.78 is 45.8. The standard InChI is InChI=1S/C29H37F3N4O3/c1-20(30)6-7-24(38)36(22-5-3-4-21(18-22)35-16-8-23(37)9-17-35)19-28-10-13-29(14-11-28,15-12-28)25-33-26(39-34-25)27(2,31)32/h3-5,18,23,37H,1,6-17,19H2,2H3. The van der Waals surface area contributed by atoms with Crippen molar-refractivity contribution in [1.82, 2.24) is 10.1 Å². The zero-order chi connectivity index (χ0) is 27.8. The van der Waals surface area contributed by atoms with E-state index in [1.165, 1.54) is 0 Å². The van der Waals surface area contributed by atoms with Crippen molar-refractivity contribution in [3.05, 3.63) is 48.4 Å². The van der Waals surface area contributed by atoms with Gasteiger partial charge in [0, 0.05) is 56.2 Å². The number of benzene rings is 1. The largest absolute Gasteiger partial charge is 0.393 e. The first-order chi connectivity index (χ1) is 18.5. The van der Waals surface area contributed by atoms with Gasteiger partial charge in [0.15, 0.2) is 5.82 Å². The van der Waals surface area contributed by atoms with Crippen molar-refractivity contribution in [3.8, 4) is 0 Å². The molecule has 1 N–H and O–H groups in total. The Kier molecular flexibility index (Phi) is 7.52. The van der Waals surface area contributed by atoms with Crippen molar-refractivity contribution in [3.63, 3.8) is 0 Å². The number of piperidine rings is 1. The number of carbonyl (C=O) groups is 1. The van der Waals surface area contributed by atoms with Crippen molar-refractivity contribution in [2.75, 3.05) is 29.4 Å². The third-order valence-electron chi connectivity index (χ3n) is 9.05. The van der Waals surface area contributed by atoms with Crippen LogP contribution in [0.2, 0.25) is 0 Å². The van der Waals surface area contributed by atoms with E-state index in [9.17, 15) is 23.1 Å². The molecule has 0 atom stereocenters. The van der Waals surface area contributed by atoms with Crippen LogP contribution >= 0.6 is 0 Å². The number of aromatic nitrogens is 2. The molecular formula is C29H37F3N4O3. The Bertz CT molecular complexity index is 1180. The molecular weight excluding hydrogens is 509 g/mol. The quantitative estimate of drug-likeness (QED) is 0.414. The van der Waals surface area contributed by atoms with E-state index in [2.05, 4.69) is 21.6 Å².